The van der Waals surface area contributed by atoms with Crippen molar-refractivity contribution in [2.45, 2.75) is 20.3 Å². The second kappa shape index (κ2) is 11.5. The molecule has 1 amide bonds. The summed E-state index contributed by atoms with van der Waals surface area (Å²) in [4.78, 5) is 12.7. The van der Waals surface area contributed by atoms with Gasteiger partial charge in [0.05, 0.1) is 27.1 Å². The third kappa shape index (κ3) is 5.54. The third-order valence-corrected chi connectivity index (χ3v) is 5.99. The van der Waals surface area contributed by atoms with E-state index >= 15 is 0 Å². The first-order chi connectivity index (χ1) is 17.5. The molecule has 0 spiro atoms. The fourth-order valence-corrected chi connectivity index (χ4v) is 4.17. The van der Waals surface area contributed by atoms with Gasteiger partial charge in [-0.1, -0.05) is 36.4 Å². The summed E-state index contributed by atoms with van der Waals surface area (Å²) in [7, 11) is 3.22. The fraction of sp³-hybridized carbons (Fsp3) is 0.233. The molecule has 0 fully saturated rings. The Morgan fingerprint density at radius 3 is 2.47 bits per heavy atom. The van der Waals surface area contributed by atoms with Crippen molar-refractivity contribution in [3.63, 3.8) is 0 Å². The lowest BCUT2D eigenvalue weighted by molar-refractivity contribution is -0.116. The molecule has 3 aromatic carbocycles. The zero-order valence-corrected chi connectivity index (χ0v) is 21.1. The summed E-state index contributed by atoms with van der Waals surface area (Å²) in [6, 6.07) is 19.8. The molecule has 0 bridgehead atoms. The second-order valence-corrected chi connectivity index (χ2v) is 8.35. The van der Waals surface area contributed by atoms with E-state index < -0.39 is 0 Å². The first-order valence-corrected chi connectivity index (χ1v) is 11.9. The summed E-state index contributed by atoms with van der Waals surface area (Å²) >= 11 is 0. The van der Waals surface area contributed by atoms with Gasteiger partial charge in [-0.3, -0.25) is 4.79 Å². The Labute approximate surface area is 211 Å². The minimum absolute atomic E-state index is 0.161. The van der Waals surface area contributed by atoms with Gasteiger partial charge in [0.25, 0.3) is 0 Å². The predicted molar refractivity (Wildman–Crippen MR) is 143 cm³/mol. The molecule has 1 N–H and O–H groups in total. The molecular formula is C30H31NO5. The molecule has 36 heavy (non-hydrogen) atoms. The van der Waals surface area contributed by atoms with E-state index in [0.29, 0.717) is 36.8 Å². The Kier molecular flexibility index (Phi) is 7.95. The number of nitrogens with one attached hydrogen (secondary N) is 1. The number of hydrogen-bond donors (Lipinski definition) is 1. The normalized spacial score (nSPS) is 11.4. The number of amides is 1. The Morgan fingerprint density at radius 2 is 1.75 bits per heavy atom. The van der Waals surface area contributed by atoms with Gasteiger partial charge >= 0.3 is 0 Å². The van der Waals surface area contributed by atoms with Crippen LogP contribution in [-0.4, -0.2) is 33.3 Å². The lowest BCUT2D eigenvalue weighted by Crippen LogP contribution is -2.23. The van der Waals surface area contributed by atoms with Crippen molar-refractivity contribution in [3.8, 4) is 28.4 Å². The molecule has 186 valence electrons. The van der Waals surface area contributed by atoms with Crippen LogP contribution < -0.4 is 19.5 Å². The minimum atomic E-state index is -0.161. The summed E-state index contributed by atoms with van der Waals surface area (Å²) < 4.78 is 22.4. The van der Waals surface area contributed by atoms with Crippen LogP contribution in [0.2, 0.25) is 0 Å². The third-order valence-electron chi connectivity index (χ3n) is 5.99. The molecular weight excluding hydrogens is 454 g/mol. The molecule has 0 radical (unpaired) electrons. The summed E-state index contributed by atoms with van der Waals surface area (Å²) in [5, 5.41) is 3.95. The van der Waals surface area contributed by atoms with Crippen molar-refractivity contribution in [3.05, 3.63) is 84.1 Å². The maximum Gasteiger partial charge on any atom is 0.244 e. The number of ether oxygens (including phenoxy) is 3. The number of carbonyl (C=O) groups excluding carboxylic acids is 1. The number of methoxy groups -OCH3 is 2. The lowest BCUT2D eigenvalue weighted by atomic mass is 9.99. The van der Waals surface area contributed by atoms with Crippen LogP contribution in [0.25, 0.3) is 27.7 Å². The molecule has 1 aromatic heterocycles. The van der Waals surface area contributed by atoms with Gasteiger partial charge in [0.1, 0.15) is 11.3 Å². The van der Waals surface area contributed by atoms with Gasteiger partial charge < -0.3 is 23.9 Å². The molecule has 0 aliphatic carbocycles. The van der Waals surface area contributed by atoms with Gasteiger partial charge in [0.15, 0.2) is 11.5 Å². The molecule has 1 heterocycles. The van der Waals surface area contributed by atoms with Crippen molar-refractivity contribution < 1.29 is 23.4 Å². The number of furan rings is 1. The Bertz CT molecular complexity index is 1370. The van der Waals surface area contributed by atoms with E-state index in [0.717, 1.165) is 38.8 Å². The van der Waals surface area contributed by atoms with Crippen molar-refractivity contribution >= 4 is 22.4 Å². The Hall–Kier alpha value is -4.19. The maximum absolute atomic E-state index is 12.7. The van der Waals surface area contributed by atoms with E-state index in [1.165, 1.54) is 0 Å². The van der Waals surface area contributed by atoms with Crippen molar-refractivity contribution in [1.29, 1.82) is 0 Å². The number of carbonyl (C=O) groups is 1. The first kappa shape index (κ1) is 24.9. The van der Waals surface area contributed by atoms with E-state index in [1.54, 1.807) is 26.6 Å². The first-order valence-electron chi connectivity index (χ1n) is 11.9. The van der Waals surface area contributed by atoms with E-state index in [1.807, 2.05) is 62.4 Å². The molecule has 4 aromatic rings. The van der Waals surface area contributed by atoms with E-state index in [-0.39, 0.29) is 5.91 Å². The van der Waals surface area contributed by atoms with Gasteiger partial charge in [-0.2, -0.15) is 0 Å². The zero-order chi connectivity index (χ0) is 25.5. The lowest BCUT2D eigenvalue weighted by Gasteiger charge is -2.12. The van der Waals surface area contributed by atoms with Gasteiger partial charge in [0.2, 0.25) is 5.91 Å². The smallest absolute Gasteiger partial charge is 0.244 e. The van der Waals surface area contributed by atoms with Gasteiger partial charge in [-0.25, -0.2) is 0 Å². The van der Waals surface area contributed by atoms with Crippen molar-refractivity contribution in [2.24, 2.45) is 0 Å². The van der Waals surface area contributed by atoms with E-state index in [2.05, 4.69) is 17.4 Å². The largest absolute Gasteiger partial charge is 0.493 e. The monoisotopic (exact) mass is 485 g/mol. The number of allylic oxidation sites excluding steroid dienone is 1. The van der Waals surface area contributed by atoms with E-state index in [4.69, 9.17) is 18.6 Å². The molecule has 6 nitrogen and oxygen atoms in total. The summed E-state index contributed by atoms with van der Waals surface area (Å²) in [6.45, 7) is 4.86. The molecule has 0 aliphatic heterocycles. The summed E-state index contributed by atoms with van der Waals surface area (Å²) in [5.41, 5.74) is 5.53. The molecule has 0 unspecified atom stereocenters. The predicted octanol–water partition coefficient (Wildman–Crippen LogP) is 6.28. The molecule has 0 saturated carbocycles. The molecule has 0 saturated heterocycles. The Morgan fingerprint density at radius 1 is 0.972 bits per heavy atom. The highest BCUT2D eigenvalue weighted by atomic mass is 16.5. The molecule has 4 rings (SSSR count). The van der Waals surface area contributed by atoms with Gasteiger partial charge in [-0.05, 0) is 55.2 Å². The topological polar surface area (TPSA) is 69.9 Å². The maximum atomic E-state index is 12.7. The van der Waals surface area contributed by atoms with Gasteiger partial charge in [-0.15, -0.1) is 0 Å². The average Bonchev–Trinajstić information content (AvgIpc) is 3.31. The zero-order valence-electron chi connectivity index (χ0n) is 21.1. The van der Waals surface area contributed by atoms with Crippen LogP contribution in [0.15, 0.2) is 77.4 Å². The van der Waals surface area contributed by atoms with Crippen LogP contribution in [-0.2, 0) is 11.2 Å². The standard InChI is InChI=1S/C30H31NO5/c1-5-35-27-18-28-24(25(19-36-28)22-9-7-6-8-10-22)17-23(27)20(2)15-30(32)31-14-13-21-11-12-26(33-3)29(16-21)34-4/h6-12,15-19H,5,13-14H2,1-4H3,(H,31,32)/b20-15+. The number of benzene rings is 3. The average molecular weight is 486 g/mol. The van der Waals surface area contributed by atoms with Crippen molar-refractivity contribution in [1.82, 2.24) is 5.32 Å². The highest BCUT2D eigenvalue weighted by Crippen LogP contribution is 2.37. The van der Waals surface area contributed by atoms with Crippen LogP contribution in [0.5, 0.6) is 17.2 Å². The molecule has 0 aliphatic rings. The molecule has 6 heteroatoms. The highest BCUT2D eigenvalue weighted by Gasteiger charge is 2.15. The van der Waals surface area contributed by atoms with Crippen LogP contribution in [0, 0.1) is 0 Å². The van der Waals surface area contributed by atoms with Crippen molar-refractivity contribution in [2.75, 3.05) is 27.4 Å². The van der Waals surface area contributed by atoms with Crippen LogP contribution in [0.1, 0.15) is 25.0 Å². The fourth-order valence-electron chi connectivity index (χ4n) is 4.17. The van der Waals surface area contributed by atoms with Crippen LogP contribution in [0.3, 0.4) is 0 Å². The number of rotatable bonds is 10. The number of fused-ring (bicyclic) bond motifs is 1. The summed E-state index contributed by atoms with van der Waals surface area (Å²) in [5.74, 6) is 1.88. The molecule has 0 atom stereocenters. The van der Waals surface area contributed by atoms with Gasteiger partial charge in [0, 0.05) is 35.2 Å². The summed E-state index contributed by atoms with van der Waals surface area (Å²) in [6.07, 6.45) is 4.05. The SMILES string of the molecule is CCOc1cc2occ(-c3ccccc3)c2cc1/C(C)=C/C(=O)NCCc1ccc(OC)c(OC)c1. The number of hydrogen-bond acceptors (Lipinski definition) is 5. The van der Waals surface area contributed by atoms with E-state index in [9.17, 15) is 4.79 Å². The Balaban J connectivity index is 1.52. The quantitative estimate of drug-likeness (QED) is 0.268. The second-order valence-electron chi connectivity index (χ2n) is 8.35. The minimum Gasteiger partial charge on any atom is -0.493 e. The van der Waals surface area contributed by atoms with Crippen LogP contribution >= 0.6 is 0 Å². The highest BCUT2D eigenvalue weighted by molar-refractivity contribution is 6.00. The van der Waals surface area contributed by atoms with Crippen LogP contribution in [0.4, 0.5) is 0 Å².